The van der Waals surface area contributed by atoms with E-state index in [0.29, 0.717) is 0 Å². The van der Waals surface area contributed by atoms with Gasteiger partial charge in [0, 0.05) is 6.54 Å². The van der Waals surface area contributed by atoms with Crippen LogP contribution in [0.15, 0.2) is 0 Å². The predicted molar refractivity (Wildman–Crippen MR) is 29.0 cm³/mol. The van der Waals surface area contributed by atoms with Gasteiger partial charge in [-0.2, -0.15) is 0 Å². The van der Waals surface area contributed by atoms with Gasteiger partial charge in [-0.05, 0) is 0 Å². The zero-order valence-electron chi connectivity index (χ0n) is 5.03. The maximum atomic E-state index is 9.93. The summed E-state index contributed by atoms with van der Waals surface area (Å²) in [6.45, 7) is -0.336. The summed E-state index contributed by atoms with van der Waals surface area (Å²) in [7, 11) is 0. The maximum absolute atomic E-state index is 9.93. The van der Waals surface area contributed by atoms with E-state index in [-0.39, 0.29) is 6.54 Å². The first kappa shape index (κ1) is 8.70. The van der Waals surface area contributed by atoms with Gasteiger partial charge < -0.3 is 26.1 Å². The molecule has 0 radical (unpaired) electrons. The number of carboxylic acids is 1. The Bertz CT molecular complexity index is 146. The molecule has 0 spiro atoms. The molecular formula is C4H7N2O4-. The second kappa shape index (κ2) is 3.67. The second-order valence-electron chi connectivity index (χ2n) is 1.61. The van der Waals surface area contributed by atoms with E-state index in [1.54, 1.807) is 5.32 Å². The van der Waals surface area contributed by atoms with Crippen LogP contribution in [-0.2, 0) is 4.79 Å². The second-order valence-corrected chi connectivity index (χ2v) is 1.61. The zero-order chi connectivity index (χ0) is 8.15. The molecule has 0 aliphatic carbocycles. The molecule has 1 atom stereocenters. The van der Waals surface area contributed by atoms with Crippen LogP contribution in [0, 0.1) is 0 Å². The molecular weight excluding hydrogens is 140 g/mol. The Labute approximate surface area is 56.6 Å². The smallest absolute Gasteiger partial charge is 0.322 e. The summed E-state index contributed by atoms with van der Waals surface area (Å²) in [5.74, 6) is -1.26. The molecule has 1 amide bonds. The van der Waals surface area contributed by atoms with Gasteiger partial charge in [-0.3, -0.25) is 4.79 Å². The van der Waals surface area contributed by atoms with Crippen LogP contribution in [0.5, 0.6) is 0 Å². The van der Waals surface area contributed by atoms with Crippen molar-refractivity contribution in [3.63, 3.8) is 0 Å². The Morgan fingerprint density at radius 2 is 2.20 bits per heavy atom. The lowest BCUT2D eigenvalue weighted by Gasteiger charge is -2.08. The van der Waals surface area contributed by atoms with Gasteiger partial charge >= 0.3 is 5.97 Å². The molecule has 0 fully saturated rings. The summed E-state index contributed by atoms with van der Waals surface area (Å²) in [5, 5.41) is 19.5. The maximum Gasteiger partial charge on any atom is 0.322 e. The molecule has 58 valence electrons. The number of hydrogen-bond donors (Lipinski definition) is 3. The Morgan fingerprint density at radius 3 is 2.50 bits per heavy atom. The molecule has 10 heavy (non-hydrogen) atoms. The fraction of sp³-hybridized carbons (Fsp3) is 0.500. The molecule has 0 saturated carbocycles. The SMILES string of the molecule is N[C@@H](CNC(=O)[O-])C(=O)O. The molecule has 0 aromatic rings. The van der Waals surface area contributed by atoms with Crippen molar-refractivity contribution in [3.8, 4) is 0 Å². The third-order valence-corrected chi connectivity index (χ3v) is 0.784. The summed E-state index contributed by atoms with van der Waals surface area (Å²) < 4.78 is 0. The minimum Gasteiger partial charge on any atom is -0.530 e. The minimum absolute atomic E-state index is 0.336. The summed E-state index contributed by atoms with van der Waals surface area (Å²) in [4.78, 5) is 19.6. The summed E-state index contributed by atoms with van der Waals surface area (Å²) in [6.07, 6.45) is -1.53. The van der Waals surface area contributed by atoms with Crippen LogP contribution in [0.4, 0.5) is 4.79 Å². The first-order valence-corrected chi connectivity index (χ1v) is 2.47. The molecule has 0 bridgehead atoms. The van der Waals surface area contributed by atoms with Crippen molar-refractivity contribution in [3.05, 3.63) is 0 Å². The van der Waals surface area contributed by atoms with Gasteiger partial charge in [-0.25, -0.2) is 0 Å². The highest BCUT2D eigenvalue weighted by atomic mass is 16.4. The number of hydrogen-bond acceptors (Lipinski definition) is 4. The molecule has 0 aromatic heterocycles. The molecule has 0 aromatic carbocycles. The molecule has 0 aliphatic rings. The standard InChI is InChI=1S/C4H8N2O4/c5-2(3(7)8)1-6-4(9)10/h2,6H,1,5H2,(H,7,8)(H,9,10)/p-1/t2-/m0/s1. The van der Waals surface area contributed by atoms with E-state index < -0.39 is 18.1 Å². The quantitative estimate of drug-likeness (QED) is 0.402. The molecule has 6 heteroatoms. The molecule has 0 saturated heterocycles. The van der Waals surface area contributed by atoms with E-state index >= 15 is 0 Å². The van der Waals surface area contributed by atoms with E-state index in [0.717, 1.165) is 0 Å². The van der Waals surface area contributed by atoms with Gasteiger partial charge in [-0.1, -0.05) is 0 Å². The lowest BCUT2D eigenvalue weighted by atomic mass is 10.3. The number of rotatable bonds is 3. The monoisotopic (exact) mass is 147 g/mol. The van der Waals surface area contributed by atoms with Crippen LogP contribution in [0.3, 0.4) is 0 Å². The number of carboxylic acid groups (broad SMARTS) is 2. The van der Waals surface area contributed by atoms with Crippen LogP contribution in [0.25, 0.3) is 0 Å². The molecule has 0 aliphatic heterocycles. The molecule has 0 unspecified atom stereocenters. The van der Waals surface area contributed by atoms with Crippen LogP contribution in [-0.4, -0.2) is 29.8 Å². The zero-order valence-corrected chi connectivity index (χ0v) is 5.03. The van der Waals surface area contributed by atoms with Crippen molar-refractivity contribution in [1.29, 1.82) is 0 Å². The summed E-state index contributed by atoms with van der Waals surface area (Å²) in [6, 6.07) is -1.21. The number of nitrogens with two attached hydrogens (primary N) is 1. The highest BCUT2D eigenvalue weighted by Gasteiger charge is 2.09. The third-order valence-electron chi connectivity index (χ3n) is 0.784. The highest BCUT2D eigenvalue weighted by molar-refractivity contribution is 5.74. The van der Waals surface area contributed by atoms with Gasteiger partial charge in [0.15, 0.2) is 0 Å². The van der Waals surface area contributed by atoms with Crippen LogP contribution in [0.1, 0.15) is 0 Å². The molecule has 6 nitrogen and oxygen atoms in total. The first-order chi connectivity index (χ1) is 4.54. The van der Waals surface area contributed by atoms with Crippen molar-refractivity contribution >= 4 is 12.1 Å². The lowest BCUT2D eigenvalue weighted by molar-refractivity contribution is -0.250. The van der Waals surface area contributed by atoms with Gasteiger partial charge in [0.2, 0.25) is 0 Å². The van der Waals surface area contributed by atoms with Gasteiger partial charge in [-0.15, -0.1) is 0 Å². The lowest BCUT2D eigenvalue weighted by Crippen LogP contribution is -2.46. The fourth-order valence-electron chi connectivity index (χ4n) is 0.281. The largest absolute Gasteiger partial charge is 0.530 e. The van der Waals surface area contributed by atoms with Crippen LogP contribution >= 0.6 is 0 Å². The van der Waals surface area contributed by atoms with Crippen molar-refractivity contribution in [2.45, 2.75) is 6.04 Å². The molecule has 0 rings (SSSR count). The molecule has 4 N–H and O–H groups in total. The van der Waals surface area contributed by atoms with E-state index in [4.69, 9.17) is 10.8 Å². The highest BCUT2D eigenvalue weighted by Crippen LogP contribution is 1.73. The average molecular weight is 147 g/mol. The first-order valence-electron chi connectivity index (χ1n) is 2.47. The summed E-state index contributed by atoms with van der Waals surface area (Å²) in [5.41, 5.74) is 4.91. The molecule has 0 heterocycles. The van der Waals surface area contributed by atoms with Crippen molar-refractivity contribution < 1.29 is 19.8 Å². The summed E-state index contributed by atoms with van der Waals surface area (Å²) >= 11 is 0. The van der Waals surface area contributed by atoms with Crippen LogP contribution < -0.4 is 16.2 Å². The number of amides is 1. The van der Waals surface area contributed by atoms with Gasteiger partial charge in [0.1, 0.15) is 12.1 Å². The van der Waals surface area contributed by atoms with Gasteiger partial charge in [0.25, 0.3) is 0 Å². The predicted octanol–water partition coefficient (Wildman–Crippen LogP) is -2.67. The Morgan fingerprint density at radius 1 is 1.70 bits per heavy atom. The number of carbonyl (C=O) groups is 2. The van der Waals surface area contributed by atoms with Crippen molar-refractivity contribution in [2.75, 3.05) is 6.54 Å². The number of aliphatic carboxylic acids is 1. The number of carbonyl (C=O) groups excluding carboxylic acids is 1. The average Bonchev–Trinajstić information content (AvgIpc) is 1.82. The van der Waals surface area contributed by atoms with E-state index in [1.807, 2.05) is 0 Å². The Kier molecular flexibility index (Phi) is 3.20. The van der Waals surface area contributed by atoms with E-state index in [2.05, 4.69) is 0 Å². The van der Waals surface area contributed by atoms with E-state index in [9.17, 15) is 14.7 Å². The normalized spacial score (nSPS) is 12.1. The number of nitrogens with one attached hydrogen (secondary N) is 1. The minimum atomic E-state index is -1.53. The van der Waals surface area contributed by atoms with E-state index in [1.165, 1.54) is 0 Å². The van der Waals surface area contributed by atoms with Crippen molar-refractivity contribution in [1.82, 2.24) is 5.32 Å². The third kappa shape index (κ3) is 3.67. The Balaban J connectivity index is 3.49. The fourth-order valence-corrected chi connectivity index (χ4v) is 0.281. The topological polar surface area (TPSA) is 115 Å². The van der Waals surface area contributed by atoms with Crippen LogP contribution in [0.2, 0.25) is 0 Å². The van der Waals surface area contributed by atoms with Crippen molar-refractivity contribution in [2.24, 2.45) is 5.73 Å². The van der Waals surface area contributed by atoms with Gasteiger partial charge in [0.05, 0.1) is 0 Å². The Hall–Kier alpha value is -1.30.